The summed E-state index contributed by atoms with van der Waals surface area (Å²) < 4.78 is 0. The molecule has 0 aliphatic carbocycles. The van der Waals surface area contributed by atoms with Crippen molar-refractivity contribution in [3.05, 3.63) is 0 Å². The van der Waals surface area contributed by atoms with Gasteiger partial charge in [0.15, 0.2) is 0 Å². The molecular weight excluding hydrogens is 288 g/mol. The molecule has 3 atom stereocenters. The summed E-state index contributed by atoms with van der Waals surface area (Å²) in [6, 6.07) is 0.336. The molecule has 3 unspecified atom stereocenters. The molecular formula is C15H26N2O3S. The Hall–Kier alpha value is -0.910. The topological polar surface area (TPSA) is 69.6 Å². The molecule has 0 saturated carbocycles. The number of nitrogens with one attached hydrogen (secondary N) is 1. The normalized spacial score (nSPS) is 28.0. The standard InChI is InChI=1S/C15H26N2O3S/c1-11(8-14(18)19)12-4-2-6-17(9-12)15(20)16-13-5-3-7-21-10-13/h11-13H,2-10H2,1H3,(H,16,20)(H,18,19). The highest BCUT2D eigenvalue weighted by Crippen LogP contribution is 2.26. The van der Waals surface area contributed by atoms with Crippen molar-refractivity contribution in [2.24, 2.45) is 11.8 Å². The van der Waals surface area contributed by atoms with Crippen LogP contribution in [0.15, 0.2) is 0 Å². The minimum absolute atomic E-state index is 0.0368. The first-order valence-electron chi connectivity index (χ1n) is 7.91. The van der Waals surface area contributed by atoms with Crippen molar-refractivity contribution in [2.75, 3.05) is 24.6 Å². The monoisotopic (exact) mass is 314 g/mol. The van der Waals surface area contributed by atoms with E-state index in [4.69, 9.17) is 5.11 Å². The summed E-state index contributed by atoms with van der Waals surface area (Å²) >= 11 is 1.91. The Bertz CT molecular complexity index is 372. The molecule has 0 aromatic carbocycles. The lowest BCUT2D eigenvalue weighted by Crippen LogP contribution is -2.50. The molecule has 0 spiro atoms. The fraction of sp³-hybridized carbons (Fsp3) is 0.867. The molecule has 120 valence electrons. The second-order valence-corrected chi connectivity index (χ2v) is 7.44. The SMILES string of the molecule is CC(CC(=O)O)C1CCCN(C(=O)NC2CCCSC2)C1. The van der Waals surface area contributed by atoms with Crippen molar-refractivity contribution in [1.29, 1.82) is 0 Å². The van der Waals surface area contributed by atoms with E-state index in [-0.39, 0.29) is 18.4 Å². The predicted octanol–water partition coefficient (Wildman–Crippen LogP) is 2.41. The zero-order chi connectivity index (χ0) is 15.2. The van der Waals surface area contributed by atoms with Crippen molar-refractivity contribution in [3.8, 4) is 0 Å². The summed E-state index contributed by atoms with van der Waals surface area (Å²) in [5.74, 6) is 1.90. The summed E-state index contributed by atoms with van der Waals surface area (Å²) in [4.78, 5) is 25.1. The number of aliphatic carboxylic acids is 1. The predicted molar refractivity (Wildman–Crippen MR) is 84.6 cm³/mol. The van der Waals surface area contributed by atoms with Crippen molar-refractivity contribution < 1.29 is 14.7 Å². The van der Waals surface area contributed by atoms with Crippen LogP contribution in [-0.4, -0.2) is 52.6 Å². The molecule has 0 radical (unpaired) electrons. The average Bonchev–Trinajstić information content (AvgIpc) is 2.47. The molecule has 21 heavy (non-hydrogen) atoms. The van der Waals surface area contributed by atoms with Crippen LogP contribution in [0.4, 0.5) is 4.79 Å². The third-order valence-corrected chi connectivity index (χ3v) is 5.75. The van der Waals surface area contributed by atoms with Gasteiger partial charge >= 0.3 is 12.0 Å². The molecule has 2 N–H and O–H groups in total. The number of thioether (sulfide) groups is 1. The number of hydrogen-bond donors (Lipinski definition) is 2. The van der Waals surface area contributed by atoms with E-state index in [1.54, 1.807) is 0 Å². The van der Waals surface area contributed by atoms with Gasteiger partial charge in [0.05, 0.1) is 0 Å². The molecule has 2 fully saturated rings. The van der Waals surface area contributed by atoms with Gasteiger partial charge in [0.1, 0.15) is 0 Å². The van der Waals surface area contributed by atoms with Gasteiger partial charge in [-0.25, -0.2) is 4.79 Å². The van der Waals surface area contributed by atoms with E-state index >= 15 is 0 Å². The Kier molecular flexibility index (Phi) is 6.21. The van der Waals surface area contributed by atoms with Gasteiger partial charge in [0.25, 0.3) is 0 Å². The molecule has 0 bridgehead atoms. The molecule has 2 aliphatic rings. The van der Waals surface area contributed by atoms with E-state index in [2.05, 4.69) is 5.32 Å². The number of carbonyl (C=O) groups is 2. The smallest absolute Gasteiger partial charge is 0.317 e. The number of carboxylic acids is 1. The van der Waals surface area contributed by atoms with E-state index in [1.807, 2.05) is 23.6 Å². The highest BCUT2D eigenvalue weighted by Gasteiger charge is 2.29. The van der Waals surface area contributed by atoms with Gasteiger partial charge in [-0.3, -0.25) is 4.79 Å². The lowest BCUT2D eigenvalue weighted by molar-refractivity contribution is -0.138. The number of carboxylic acid groups (broad SMARTS) is 1. The molecule has 6 heteroatoms. The van der Waals surface area contributed by atoms with E-state index in [0.717, 1.165) is 31.6 Å². The maximum Gasteiger partial charge on any atom is 0.317 e. The van der Waals surface area contributed by atoms with Crippen LogP contribution in [0.3, 0.4) is 0 Å². The summed E-state index contributed by atoms with van der Waals surface area (Å²) in [5, 5.41) is 12.0. The van der Waals surface area contributed by atoms with Crippen LogP contribution in [0.5, 0.6) is 0 Å². The number of nitrogens with zero attached hydrogens (tertiary/aromatic N) is 1. The second kappa shape index (κ2) is 7.92. The number of amides is 2. The van der Waals surface area contributed by atoms with Gasteiger partial charge < -0.3 is 15.3 Å². The molecule has 2 rings (SSSR count). The highest BCUT2D eigenvalue weighted by molar-refractivity contribution is 7.99. The van der Waals surface area contributed by atoms with Crippen molar-refractivity contribution in [2.45, 2.75) is 45.1 Å². The summed E-state index contributed by atoms with van der Waals surface area (Å²) in [7, 11) is 0. The highest BCUT2D eigenvalue weighted by atomic mass is 32.2. The number of piperidine rings is 1. The van der Waals surface area contributed by atoms with Gasteiger partial charge in [-0.05, 0) is 43.3 Å². The van der Waals surface area contributed by atoms with Crippen molar-refractivity contribution in [3.63, 3.8) is 0 Å². The Labute approximate surface area is 130 Å². The molecule has 0 aromatic rings. The maximum atomic E-state index is 12.3. The van der Waals surface area contributed by atoms with Crippen molar-refractivity contribution >= 4 is 23.8 Å². The van der Waals surface area contributed by atoms with Crippen molar-refractivity contribution in [1.82, 2.24) is 10.2 Å². The van der Waals surface area contributed by atoms with Crippen LogP contribution in [0.2, 0.25) is 0 Å². The van der Waals surface area contributed by atoms with E-state index in [0.29, 0.717) is 18.5 Å². The largest absolute Gasteiger partial charge is 0.481 e. The van der Waals surface area contributed by atoms with Crippen LogP contribution in [0.25, 0.3) is 0 Å². The molecule has 2 heterocycles. The van der Waals surface area contributed by atoms with Gasteiger partial charge in [-0.15, -0.1) is 0 Å². The first kappa shape index (κ1) is 16.5. The first-order valence-corrected chi connectivity index (χ1v) is 9.06. The van der Waals surface area contributed by atoms with Crippen LogP contribution in [-0.2, 0) is 4.79 Å². The van der Waals surface area contributed by atoms with Gasteiger partial charge in [-0.2, -0.15) is 11.8 Å². The summed E-state index contributed by atoms with van der Waals surface area (Å²) in [6.45, 7) is 3.47. The Morgan fingerprint density at radius 3 is 2.86 bits per heavy atom. The number of hydrogen-bond acceptors (Lipinski definition) is 3. The van der Waals surface area contributed by atoms with Gasteiger partial charge in [0.2, 0.25) is 0 Å². The molecule has 2 amide bonds. The van der Waals surface area contributed by atoms with Crippen LogP contribution in [0.1, 0.15) is 39.0 Å². The van der Waals surface area contributed by atoms with Crippen LogP contribution >= 0.6 is 11.8 Å². The lowest BCUT2D eigenvalue weighted by atomic mass is 9.85. The van der Waals surface area contributed by atoms with E-state index < -0.39 is 5.97 Å². The second-order valence-electron chi connectivity index (χ2n) is 6.29. The van der Waals surface area contributed by atoms with Gasteiger partial charge in [-0.1, -0.05) is 6.92 Å². The minimum Gasteiger partial charge on any atom is -0.481 e. The molecule has 2 saturated heterocycles. The van der Waals surface area contributed by atoms with Gasteiger partial charge in [0, 0.05) is 31.3 Å². The number of carbonyl (C=O) groups excluding carboxylic acids is 1. The Morgan fingerprint density at radius 1 is 1.38 bits per heavy atom. The molecule has 2 aliphatic heterocycles. The van der Waals surface area contributed by atoms with E-state index in [1.165, 1.54) is 12.2 Å². The minimum atomic E-state index is -0.747. The zero-order valence-electron chi connectivity index (χ0n) is 12.7. The lowest BCUT2D eigenvalue weighted by Gasteiger charge is -2.36. The maximum absolute atomic E-state index is 12.3. The zero-order valence-corrected chi connectivity index (χ0v) is 13.5. The first-order chi connectivity index (χ1) is 10.1. The molecule has 0 aromatic heterocycles. The molecule has 5 nitrogen and oxygen atoms in total. The summed E-state index contributed by atoms with van der Waals surface area (Å²) in [6.07, 6.45) is 4.44. The van der Waals surface area contributed by atoms with E-state index in [9.17, 15) is 9.59 Å². The quantitative estimate of drug-likeness (QED) is 0.836. The Morgan fingerprint density at radius 2 is 2.19 bits per heavy atom. The number of likely N-dealkylation sites (tertiary alicyclic amines) is 1. The fourth-order valence-electron chi connectivity index (χ4n) is 3.22. The summed E-state index contributed by atoms with van der Waals surface area (Å²) in [5.41, 5.74) is 0. The Balaban J connectivity index is 1.81. The third-order valence-electron chi connectivity index (χ3n) is 4.53. The average molecular weight is 314 g/mol. The van der Waals surface area contributed by atoms with Crippen LogP contribution in [0, 0.1) is 11.8 Å². The third kappa shape index (κ3) is 5.09. The van der Waals surface area contributed by atoms with Crippen LogP contribution < -0.4 is 5.32 Å². The fourth-order valence-corrected chi connectivity index (χ4v) is 4.29. The number of rotatable bonds is 4. The number of urea groups is 1.